The molecule has 0 spiro atoms. The molecule has 0 unspecified atom stereocenters. The van der Waals surface area contributed by atoms with Crippen LogP contribution in [0.4, 0.5) is 0 Å². The van der Waals surface area contributed by atoms with E-state index in [2.05, 4.69) is 25.9 Å². The number of aromatic nitrogens is 2. The van der Waals surface area contributed by atoms with Gasteiger partial charge in [-0.05, 0) is 33.3 Å². The van der Waals surface area contributed by atoms with Gasteiger partial charge in [0.2, 0.25) is 0 Å². The predicted molar refractivity (Wildman–Crippen MR) is 52.6 cm³/mol. The van der Waals surface area contributed by atoms with Crippen molar-refractivity contribution in [2.24, 2.45) is 0 Å². The third-order valence-corrected chi connectivity index (χ3v) is 1.85. The van der Waals surface area contributed by atoms with E-state index in [0.717, 1.165) is 5.56 Å². The van der Waals surface area contributed by atoms with Crippen molar-refractivity contribution in [2.75, 3.05) is 0 Å². The third kappa shape index (κ3) is 2.84. The first-order valence-electron chi connectivity index (χ1n) is 4.61. The fraction of sp³-hybridized carbons (Fsp3) is 0.700. The predicted octanol–water partition coefficient (Wildman–Crippen LogP) is 1.56. The van der Waals surface area contributed by atoms with E-state index in [-0.39, 0.29) is 11.6 Å². The number of aliphatic hydroxyl groups is 1. The average molecular weight is 182 g/mol. The molecule has 74 valence electrons. The van der Waals surface area contributed by atoms with Crippen LogP contribution in [0.3, 0.4) is 0 Å². The Kier molecular flexibility index (Phi) is 2.76. The van der Waals surface area contributed by atoms with Gasteiger partial charge < -0.3 is 5.11 Å². The molecule has 0 saturated heterocycles. The summed E-state index contributed by atoms with van der Waals surface area (Å²) in [5, 5.41) is 13.4. The fourth-order valence-corrected chi connectivity index (χ4v) is 1.17. The summed E-state index contributed by atoms with van der Waals surface area (Å²) in [6.45, 7) is 8.10. The van der Waals surface area contributed by atoms with Crippen molar-refractivity contribution in [3.8, 4) is 0 Å². The van der Waals surface area contributed by atoms with E-state index in [4.69, 9.17) is 0 Å². The van der Waals surface area contributed by atoms with Gasteiger partial charge >= 0.3 is 0 Å². The van der Waals surface area contributed by atoms with Gasteiger partial charge in [-0.25, -0.2) is 0 Å². The van der Waals surface area contributed by atoms with Gasteiger partial charge in [-0.1, -0.05) is 0 Å². The quantitative estimate of drug-likeness (QED) is 0.753. The van der Waals surface area contributed by atoms with E-state index in [1.807, 2.05) is 17.1 Å². The molecule has 0 aromatic carbocycles. The summed E-state index contributed by atoms with van der Waals surface area (Å²) in [5.41, 5.74) is 1.11. The first-order chi connectivity index (χ1) is 5.89. The van der Waals surface area contributed by atoms with Crippen molar-refractivity contribution >= 4 is 0 Å². The van der Waals surface area contributed by atoms with E-state index < -0.39 is 0 Å². The van der Waals surface area contributed by atoms with Crippen LogP contribution < -0.4 is 0 Å². The molecule has 13 heavy (non-hydrogen) atoms. The van der Waals surface area contributed by atoms with Gasteiger partial charge in [0.25, 0.3) is 0 Å². The molecular formula is C10H18N2O. The van der Waals surface area contributed by atoms with Gasteiger partial charge in [0, 0.05) is 12.6 Å². The monoisotopic (exact) mass is 182 g/mol. The summed E-state index contributed by atoms with van der Waals surface area (Å²) in [5.74, 6) is 0. The Morgan fingerprint density at radius 1 is 1.54 bits per heavy atom. The molecular weight excluding hydrogens is 164 g/mol. The second-order valence-corrected chi connectivity index (χ2v) is 4.52. The zero-order chi connectivity index (χ0) is 10.1. The molecule has 1 aromatic rings. The Morgan fingerprint density at radius 3 is 2.54 bits per heavy atom. The maximum atomic E-state index is 9.18. The molecule has 1 rings (SSSR count). The Hall–Kier alpha value is -0.830. The normalized spacial score (nSPS) is 14.5. The largest absolute Gasteiger partial charge is 0.393 e. The van der Waals surface area contributed by atoms with Crippen LogP contribution in [-0.2, 0) is 12.0 Å². The summed E-state index contributed by atoms with van der Waals surface area (Å²) < 4.78 is 1.92. The van der Waals surface area contributed by atoms with E-state index in [9.17, 15) is 5.11 Å². The van der Waals surface area contributed by atoms with Crippen molar-refractivity contribution in [1.82, 2.24) is 9.78 Å². The van der Waals surface area contributed by atoms with E-state index >= 15 is 0 Å². The van der Waals surface area contributed by atoms with Crippen molar-refractivity contribution in [2.45, 2.75) is 45.8 Å². The van der Waals surface area contributed by atoms with Gasteiger partial charge in [0.1, 0.15) is 0 Å². The summed E-state index contributed by atoms with van der Waals surface area (Å²) in [6.07, 6.45) is 4.19. The lowest BCUT2D eigenvalue weighted by atomic mass is 10.1. The molecule has 1 aromatic heterocycles. The van der Waals surface area contributed by atoms with E-state index in [0.29, 0.717) is 6.42 Å². The van der Waals surface area contributed by atoms with Crippen molar-refractivity contribution in [3.63, 3.8) is 0 Å². The molecule has 0 aliphatic carbocycles. The molecule has 0 saturated carbocycles. The molecule has 0 aliphatic rings. The van der Waals surface area contributed by atoms with Gasteiger partial charge in [0.15, 0.2) is 0 Å². The standard InChI is InChI=1S/C10H18N2O/c1-8(13)5-9-6-11-12(7-9)10(2,3)4/h6-8,13H,5H2,1-4H3/t8-/m1/s1. The molecule has 3 heteroatoms. The number of hydrogen-bond donors (Lipinski definition) is 1. The van der Waals surface area contributed by atoms with Crippen LogP contribution in [0.2, 0.25) is 0 Å². The van der Waals surface area contributed by atoms with Crippen LogP contribution in [0.5, 0.6) is 0 Å². The Morgan fingerprint density at radius 2 is 2.15 bits per heavy atom. The van der Waals surface area contributed by atoms with Crippen LogP contribution in [0.1, 0.15) is 33.3 Å². The molecule has 1 N–H and O–H groups in total. The minimum Gasteiger partial charge on any atom is -0.393 e. The maximum Gasteiger partial charge on any atom is 0.0553 e. The molecule has 0 amide bonds. The Bertz CT molecular complexity index is 271. The minimum absolute atomic E-state index is 0.0247. The molecule has 0 fully saturated rings. The number of rotatable bonds is 2. The Labute approximate surface area is 79.4 Å². The molecule has 0 bridgehead atoms. The summed E-state index contributed by atoms with van der Waals surface area (Å²) in [4.78, 5) is 0. The van der Waals surface area contributed by atoms with Crippen molar-refractivity contribution < 1.29 is 5.11 Å². The number of hydrogen-bond acceptors (Lipinski definition) is 2. The molecule has 1 heterocycles. The highest BCUT2D eigenvalue weighted by molar-refractivity contribution is 5.06. The van der Waals surface area contributed by atoms with Gasteiger partial charge in [-0.3, -0.25) is 4.68 Å². The highest BCUT2D eigenvalue weighted by atomic mass is 16.3. The SMILES string of the molecule is C[C@@H](O)Cc1cnn(C(C)(C)C)c1. The average Bonchev–Trinajstić information content (AvgIpc) is 2.32. The lowest BCUT2D eigenvalue weighted by Crippen LogP contribution is -2.22. The van der Waals surface area contributed by atoms with Crippen LogP contribution in [0.15, 0.2) is 12.4 Å². The molecule has 3 nitrogen and oxygen atoms in total. The van der Waals surface area contributed by atoms with E-state index in [1.54, 1.807) is 6.92 Å². The second-order valence-electron chi connectivity index (χ2n) is 4.52. The molecule has 0 radical (unpaired) electrons. The van der Waals surface area contributed by atoms with E-state index in [1.165, 1.54) is 0 Å². The third-order valence-electron chi connectivity index (χ3n) is 1.85. The summed E-state index contributed by atoms with van der Waals surface area (Å²) in [7, 11) is 0. The zero-order valence-electron chi connectivity index (χ0n) is 8.78. The lowest BCUT2D eigenvalue weighted by Gasteiger charge is -2.18. The summed E-state index contributed by atoms with van der Waals surface area (Å²) >= 11 is 0. The number of aliphatic hydroxyl groups excluding tert-OH is 1. The van der Waals surface area contributed by atoms with Crippen LogP contribution in [-0.4, -0.2) is 21.0 Å². The maximum absolute atomic E-state index is 9.18. The topological polar surface area (TPSA) is 38.1 Å². The van der Waals surface area contributed by atoms with Gasteiger partial charge in [0.05, 0.1) is 17.8 Å². The summed E-state index contributed by atoms with van der Waals surface area (Å²) in [6, 6.07) is 0. The second kappa shape index (κ2) is 3.50. The highest BCUT2D eigenvalue weighted by Gasteiger charge is 2.14. The van der Waals surface area contributed by atoms with Crippen molar-refractivity contribution in [3.05, 3.63) is 18.0 Å². The number of nitrogens with zero attached hydrogens (tertiary/aromatic N) is 2. The van der Waals surface area contributed by atoms with Crippen LogP contribution in [0.25, 0.3) is 0 Å². The van der Waals surface area contributed by atoms with Crippen molar-refractivity contribution in [1.29, 1.82) is 0 Å². The fourth-order valence-electron chi connectivity index (χ4n) is 1.17. The molecule has 0 aliphatic heterocycles. The van der Waals surface area contributed by atoms with Crippen LogP contribution >= 0.6 is 0 Å². The van der Waals surface area contributed by atoms with Gasteiger partial charge in [-0.2, -0.15) is 5.10 Å². The first-order valence-corrected chi connectivity index (χ1v) is 4.61. The molecule has 1 atom stereocenters. The first kappa shape index (κ1) is 10.3. The lowest BCUT2D eigenvalue weighted by molar-refractivity contribution is 0.195. The van der Waals surface area contributed by atoms with Crippen LogP contribution in [0, 0.1) is 0 Å². The minimum atomic E-state index is -0.294. The van der Waals surface area contributed by atoms with Gasteiger partial charge in [-0.15, -0.1) is 0 Å². The highest BCUT2D eigenvalue weighted by Crippen LogP contribution is 2.13. The zero-order valence-corrected chi connectivity index (χ0v) is 8.78. The smallest absolute Gasteiger partial charge is 0.0553 e. The Balaban J connectivity index is 2.75.